The lowest BCUT2D eigenvalue weighted by atomic mass is 10.2. The first kappa shape index (κ1) is 19.9. The van der Waals surface area contributed by atoms with Crippen LogP contribution in [0.25, 0.3) is 5.82 Å². The zero-order valence-corrected chi connectivity index (χ0v) is 17.4. The van der Waals surface area contributed by atoms with Gasteiger partial charge in [-0.3, -0.25) is 4.72 Å². The van der Waals surface area contributed by atoms with E-state index >= 15 is 0 Å². The Balaban J connectivity index is 1.46. The van der Waals surface area contributed by atoms with Crippen LogP contribution in [0.2, 0.25) is 5.02 Å². The van der Waals surface area contributed by atoms with E-state index < -0.39 is 10.0 Å². The molecule has 0 bridgehead atoms. The number of sulfonamides is 1. The topological polar surface area (TPSA) is 86.1 Å². The molecule has 4 rings (SSSR count). The van der Waals surface area contributed by atoms with Gasteiger partial charge in [0.2, 0.25) is 5.88 Å². The summed E-state index contributed by atoms with van der Waals surface area (Å²) in [5.74, 6) is 1.50. The third-order valence-corrected chi connectivity index (χ3v) is 6.02. The fourth-order valence-corrected chi connectivity index (χ4v) is 4.34. The van der Waals surface area contributed by atoms with Crippen LogP contribution in [0.1, 0.15) is 5.56 Å². The molecular weight excluding hydrogens is 424 g/mol. The first-order valence-corrected chi connectivity index (χ1v) is 10.8. The zero-order valence-electron chi connectivity index (χ0n) is 15.9. The highest BCUT2D eigenvalue weighted by atomic mass is 35.5. The van der Waals surface area contributed by atoms with Gasteiger partial charge in [-0.2, -0.15) is 0 Å². The van der Waals surface area contributed by atoms with Gasteiger partial charge in [0.25, 0.3) is 10.0 Å². The maximum Gasteiger partial charge on any atom is 0.262 e. The van der Waals surface area contributed by atoms with Crippen molar-refractivity contribution < 1.29 is 13.2 Å². The molecule has 30 heavy (non-hydrogen) atoms. The molecule has 152 valence electrons. The summed E-state index contributed by atoms with van der Waals surface area (Å²) in [4.78, 5) is 0.133. The van der Waals surface area contributed by atoms with E-state index in [2.05, 4.69) is 14.9 Å². The second-order valence-corrected chi connectivity index (χ2v) is 8.55. The van der Waals surface area contributed by atoms with Gasteiger partial charge in [0, 0.05) is 29.2 Å². The van der Waals surface area contributed by atoms with Crippen molar-refractivity contribution in [3.05, 3.63) is 89.7 Å². The normalized spacial score (nSPS) is 11.3. The van der Waals surface area contributed by atoms with Crippen LogP contribution in [0.15, 0.2) is 84.0 Å². The van der Waals surface area contributed by atoms with Crippen molar-refractivity contribution >= 4 is 27.3 Å². The van der Waals surface area contributed by atoms with Crippen LogP contribution in [0.4, 0.5) is 5.69 Å². The lowest BCUT2D eigenvalue weighted by molar-refractivity contribution is 0.454. The van der Waals surface area contributed by atoms with Crippen molar-refractivity contribution in [1.82, 2.24) is 14.8 Å². The van der Waals surface area contributed by atoms with E-state index in [1.807, 2.05) is 29.1 Å². The highest BCUT2D eigenvalue weighted by Gasteiger charge is 2.17. The second kappa shape index (κ2) is 8.17. The minimum Gasteiger partial charge on any atom is -0.438 e. The molecule has 0 fully saturated rings. The standard InChI is InChI=1S/C21H17ClN4O3S/c1-15-4-5-16(22)14-19(15)30(27,28)25-17-6-8-18(9-7-17)29-21-11-10-20(23-24-21)26-12-2-3-13-26/h2-14,25H,1H3. The number of hydrogen-bond acceptors (Lipinski definition) is 5. The van der Waals surface area contributed by atoms with Crippen molar-refractivity contribution in [2.45, 2.75) is 11.8 Å². The zero-order chi connectivity index (χ0) is 21.1. The highest BCUT2D eigenvalue weighted by Crippen LogP contribution is 2.25. The molecule has 0 spiro atoms. The minimum absolute atomic E-state index is 0.133. The molecule has 0 amide bonds. The van der Waals surface area contributed by atoms with Crippen LogP contribution >= 0.6 is 11.6 Å². The third-order valence-electron chi connectivity index (χ3n) is 4.26. The number of rotatable bonds is 6. The fourth-order valence-electron chi connectivity index (χ4n) is 2.78. The average Bonchev–Trinajstić information content (AvgIpc) is 3.26. The van der Waals surface area contributed by atoms with Gasteiger partial charge in [-0.05, 0) is 67.1 Å². The number of aromatic nitrogens is 3. The second-order valence-electron chi connectivity index (χ2n) is 6.46. The first-order chi connectivity index (χ1) is 14.4. The number of anilines is 1. The van der Waals surface area contributed by atoms with E-state index in [1.54, 1.807) is 55.5 Å². The number of hydrogen-bond donors (Lipinski definition) is 1. The molecule has 0 aliphatic rings. The van der Waals surface area contributed by atoms with Gasteiger partial charge < -0.3 is 9.30 Å². The van der Waals surface area contributed by atoms with Crippen LogP contribution in [-0.4, -0.2) is 23.2 Å². The number of halogens is 1. The Kier molecular flexibility index (Phi) is 5.43. The molecule has 0 unspecified atom stereocenters. The van der Waals surface area contributed by atoms with Gasteiger partial charge >= 0.3 is 0 Å². The van der Waals surface area contributed by atoms with E-state index in [9.17, 15) is 8.42 Å². The van der Waals surface area contributed by atoms with Gasteiger partial charge in [0.1, 0.15) is 5.75 Å². The number of nitrogens with zero attached hydrogens (tertiary/aromatic N) is 3. The van der Waals surface area contributed by atoms with Crippen molar-refractivity contribution in [1.29, 1.82) is 0 Å². The Morgan fingerprint density at radius 2 is 1.70 bits per heavy atom. The molecule has 4 aromatic rings. The molecular formula is C21H17ClN4O3S. The summed E-state index contributed by atoms with van der Waals surface area (Å²) in [5.41, 5.74) is 1.00. The number of ether oxygens (including phenoxy) is 1. The van der Waals surface area contributed by atoms with E-state index in [0.717, 1.165) is 0 Å². The van der Waals surface area contributed by atoms with Crippen LogP contribution < -0.4 is 9.46 Å². The molecule has 0 aliphatic heterocycles. The van der Waals surface area contributed by atoms with Crippen molar-refractivity contribution in [2.75, 3.05) is 4.72 Å². The number of nitrogens with one attached hydrogen (secondary N) is 1. The Hall–Kier alpha value is -3.36. The van der Waals surface area contributed by atoms with Crippen LogP contribution in [0.3, 0.4) is 0 Å². The van der Waals surface area contributed by atoms with Crippen molar-refractivity contribution in [2.24, 2.45) is 0 Å². The minimum atomic E-state index is -3.76. The molecule has 0 saturated carbocycles. The van der Waals surface area contributed by atoms with Crippen molar-refractivity contribution in [3.8, 4) is 17.4 Å². The molecule has 0 atom stereocenters. The summed E-state index contributed by atoms with van der Waals surface area (Å²) < 4.78 is 35.4. The predicted octanol–water partition coefficient (Wildman–Crippen LogP) is 4.82. The summed E-state index contributed by atoms with van der Waals surface area (Å²) in [5, 5.41) is 8.53. The Bertz CT molecular complexity index is 1260. The molecule has 2 heterocycles. The smallest absolute Gasteiger partial charge is 0.262 e. The Labute approximate surface area is 179 Å². The summed E-state index contributed by atoms with van der Waals surface area (Å²) in [6.45, 7) is 1.71. The SMILES string of the molecule is Cc1ccc(Cl)cc1S(=O)(=O)Nc1ccc(Oc2ccc(-n3cccc3)nn2)cc1. The highest BCUT2D eigenvalue weighted by molar-refractivity contribution is 7.92. The number of benzene rings is 2. The van der Waals surface area contributed by atoms with Gasteiger partial charge in [-0.15, -0.1) is 10.2 Å². The molecule has 0 saturated heterocycles. The molecule has 2 aromatic heterocycles. The molecule has 7 nitrogen and oxygen atoms in total. The van der Waals surface area contributed by atoms with E-state index in [0.29, 0.717) is 33.7 Å². The van der Waals surface area contributed by atoms with Crippen molar-refractivity contribution in [3.63, 3.8) is 0 Å². The average molecular weight is 441 g/mol. The molecule has 2 aromatic carbocycles. The molecule has 9 heteroatoms. The monoisotopic (exact) mass is 440 g/mol. The summed E-state index contributed by atoms with van der Waals surface area (Å²) in [7, 11) is -3.76. The van der Waals surface area contributed by atoms with Gasteiger partial charge in [-0.25, -0.2) is 8.42 Å². The first-order valence-electron chi connectivity index (χ1n) is 8.95. The lowest BCUT2D eigenvalue weighted by Crippen LogP contribution is -2.14. The Morgan fingerprint density at radius 1 is 0.967 bits per heavy atom. The summed E-state index contributed by atoms with van der Waals surface area (Å²) >= 11 is 5.94. The van der Waals surface area contributed by atoms with Gasteiger partial charge in [-0.1, -0.05) is 17.7 Å². The summed E-state index contributed by atoms with van der Waals surface area (Å²) in [6, 6.07) is 18.5. The maximum atomic E-state index is 12.7. The largest absolute Gasteiger partial charge is 0.438 e. The van der Waals surface area contributed by atoms with Crippen LogP contribution in [0.5, 0.6) is 11.6 Å². The maximum absolute atomic E-state index is 12.7. The van der Waals surface area contributed by atoms with Gasteiger partial charge in [0.15, 0.2) is 5.82 Å². The molecule has 1 N–H and O–H groups in total. The van der Waals surface area contributed by atoms with Gasteiger partial charge in [0.05, 0.1) is 4.90 Å². The molecule has 0 aliphatic carbocycles. The summed E-state index contributed by atoms with van der Waals surface area (Å²) in [6.07, 6.45) is 3.74. The lowest BCUT2D eigenvalue weighted by Gasteiger charge is -2.11. The van der Waals surface area contributed by atoms with E-state index in [-0.39, 0.29) is 4.90 Å². The fraction of sp³-hybridized carbons (Fsp3) is 0.0476. The predicted molar refractivity (Wildman–Crippen MR) is 115 cm³/mol. The van der Waals surface area contributed by atoms with E-state index in [1.165, 1.54) is 6.07 Å². The van der Waals surface area contributed by atoms with E-state index in [4.69, 9.17) is 16.3 Å². The Morgan fingerprint density at radius 3 is 2.37 bits per heavy atom. The third kappa shape index (κ3) is 4.45. The molecule has 0 radical (unpaired) electrons. The number of aryl methyl sites for hydroxylation is 1. The van der Waals surface area contributed by atoms with Crippen LogP contribution in [-0.2, 0) is 10.0 Å². The van der Waals surface area contributed by atoms with Crippen LogP contribution in [0, 0.1) is 6.92 Å². The quantitative estimate of drug-likeness (QED) is 0.464.